The SMILES string of the molecule is CCn1c(=O)c2c(nc(SCC(=O)Nc3ccccc3Cl)n2C)n(C)c1=O. The molecule has 142 valence electrons. The first-order valence-electron chi connectivity index (χ1n) is 8.18. The molecule has 0 aliphatic heterocycles. The number of para-hydroxylation sites is 1. The maximum Gasteiger partial charge on any atom is 0.332 e. The Bertz CT molecular complexity index is 1150. The third-order valence-corrected chi connectivity index (χ3v) is 5.47. The summed E-state index contributed by atoms with van der Waals surface area (Å²) in [6.07, 6.45) is 0. The summed E-state index contributed by atoms with van der Waals surface area (Å²) in [7, 11) is 3.26. The Labute approximate surface area is 163 Å². The highest BCUT2D eigenvalue weighted by Crippen LogP contribution is 2.23. The first-order chi connectivity index (χ1) is 12.8. The first-order valence-corrected chi connectivity index (χ1v) is 9.55. The molecule has 0 aliphatic rings. The molecule has 0 bridgehead atoms. The van der Waals surface area contributed by atoms with Gasteiger partial charge in [-0.1, -0.05) is 35.5 Å². The second-order valence-corrected chi connectivity index (χ2v) is 7.18. The minimum atomic E-state index is -0.416. The molecule has 3 rings (SSSR count). The van der Waals surface area contributed by atoms with Crippen molar-refractivity contribution in [3.05, 3.63) is 50.1 Å². The fraction of sp³-hybridized carbons (Fsp3) is 0.294. The third kappa shape index (κ3) is 3.52. The van der Waals surface area contributed by atoms with Gasteiger partial charge in [0.05, 0.1) is 16.5 Å². The van der Waals surface area contributed by atoms with E-state index in [4.69, 9.17) is 11.6 Å². The van der Waals surface area contributed by atoms with Gasteiger partial charge in [-0.3, -0.25) is 18.7 Å². The molecule has 1 N–H and O–H groups in total. The number of fused-ring (bicyclic) bond motifs is 1. The maximum absolute atomic E-state index is 12.6. The van der Waals surface area contributed by atoms with Crippen LogP contribution in [0.1, 0.15) is 6.92 Å². The Morgan fingerprint density at radius 3 is 2.59 bits per heavy atom. The van der Waals surface area contributed by atoms with Crippen LogP contribution < -0.4 is 16.6 Å². The van der Waals surface area contributed by atoms with Gasteiger partial charge in [0.2, 0.25) is 5.91 Å². The second kappa shape index (κ2) is 7.61. The number of aryl methyl sites for hydroxylation is 2. The van der Waals surface area contributed by atoms with Gasteiger partial charge in [-0.15, -0.1) is 0 Å². The van der Waals surface area contributed by atoms with Gasteiger partial charge in [0.15, 0.2) is 16.3 Å². The first kappa shape index (κ1) is 19.2. The molecule has 0 saturated heterocycles. The lowest BCUT2D eigenvalue weighted by Gasteiger charge is -2.07. The number of aromatic nitrogens is 4. The van der Waals surface area contributed by atoms with Crippen LogP contribution in [0.15, 0.2) is 39.0 Å². The predicted octanol–water partition coefficient (Wildman–Crippen LogP) is 1.84. The molecule has 1 aromatic carbocycles. The third-order valence-electron chi connectivity index (χ3n) is 4.12. The van der Waals surface area contributed by atoms with Crippen molar-refractivity contribution in [1.82, 2.24) is 18.7 Å². The van der Waals surface area contributed by atoms with Crippen LogP contribution in [0.25, 0.3) is 11.2 Å². The lowest BCUT2D eigenvalue weighted by molar-refractivity contribution is -0.113. The quantitative estimate of drug-likeness (QED) is 0.651. The zero-order valence-corrected chi connectivity index (χ0v) is 16.6. The highest BCUT2D eigenvalue weighted by atomic mass is 35.5. The van der Waals surface area contributed by atoms with Gasteiger partial charge < -0.3 is 9.88 Å². The van der Waals surface area contributed by atoms with Crippen LogP contribution in [-0.2, 0) is 25.4 Å². The monoisotopic (exact) mass is 407 g/mol. The molecule has 2 heterocycles. The van der Waals surface area contributed by atoms with Gasteiger partial charge in [-0.25, -0.2) is 9.78 Å². The number of imidazole rings is 1. The van der Waals surface area contributed by atoms with E-state index in [2.05, 4.69) is 10.3 Å². The van der Waals surface area contributed by atoms with Gasteiger partial charge in [0.25, 0.3) is 5.56 Å². The standard InChI is InChI=1S/C17H18ClN5O3S/c1-4-23-15(25)13-14(22(3)17(23)26)20-16(21(13)2)27-9-12(24)19-11-8-6-5-7-10(11)18/h5-8H,4,9H2,1-3H3,(H,19,24). The van der Waals surface area contributed by atoms with Crippen LogP contribution in [0.2, 0.25) is 5.02 Å². The van der Waals surface area contributed by atoms with E-state index in [0.29, 0.717) is 27.0 Å². The summed E-state index contributed by atoms with van der Waals surface area (Å²) in [4.78, 5) is 41.4. The van der Waals surface area contributed by atoms with E-state index in [1.807, 2.05) is 0 Å². The summed E-state index contributed by atoms with van der Waals surface area (Å²) < 4.78 is 4.10. The van der Waals surface area contributed by atoms with E-state index < -0.39 is 11.2 Å². The van der Waals surface area contributed by atoms with Crippen LogP contribution in [0, 0.1) is 0 Å². The number of nitrogens with one attached hydrogen (secondary N) is 1. The van der Waals surface area contributed by atoms with Crippen molar-refractivity contribution in [2.24, 2.45) is 14.1 Å². The Morgan fingerprint density at radius 2 is 1.93 bits per heavy atom. The number of carbonyl (C=O) groups excluding carboxylic acids is 1. The summed E-state index contributed by atoms with van der Waals surface area (Å²) in [5, 5.41) is 3.66. The van der Waals surface area contributed by atoms with Crippen molar-refractivity contribution in [2.45, 2.75) is 18.6 Å². The van der Waals surface area contributed by atoms with Crippen LogP contribution >= 0.6 is 23.4 Å². The van der Waals surface area contributed by atoms with Gasteiger partial charge in [-0.05, 0) is 19.1 Å². The molecule has 0 unspecified atom stereocenters. The van der Waals surface area contributed by atoms with E-state index in [0.717, 1.165) is 4.57 Å². The Morgan fingerprint density at radius 1 is 1.22 bits per heavy atom. The van der Waals surface area contributed by atoms with Gasteiger partial charge in [-0.2, -0.15) is 0 Å². The normalized spacial score (nSPS) is 11.1. The molecule has 0 aliphatic carbocycles. The van der Waals surface area contributed by atoms with E-state index in [1.165, 1.54) is 16.3 Å². The minimum Gasteiger partial charge on any atom is -0.324 e. The van der Waals surface area contributed by atoms with Crippen LogP contribution in [0.4, 0.5) is 5.69 Å². The van der Waals surface area contributed by atoms with Crippen molar-refractivity contribution < 1.29 is 4.79 Å². The molecule has 0 fully saturated rings. The number of halogens is 1. The Balaban J connectivity index is 1.87. The number of benzene rings is 1. The molecule has 1 amide bonds. The Hall–Kier alpha value is -2.52. The highest BCUT2D eigenvalue weighted by molar-refractivity contribution is 7.99. The summed E-state index contributed by atoms with van der Waals surface area (Å²) in [6, 6.07) is 6.96. The summed E-state index contributed by atoms with van der Waals surface area (Å²) in [5.41, 5.74) is 0.348. The smallest absolute Gasteiger partial charge is 0.324 e. The van der Waals surface area contributed by atoms with Gasteiger partial charge in [0, 0.05) is 20.6 Å². The summed E-state index contributed by atoms with van der Waals surface area (Å²) >= 11 is 7.21. The highest BCUT2D eigenvalue weighted by Gasteiger charge is 2.18. The number of hydrogen-bond acceptors (Lipinski definition) is 5. The maximum atomic E-state index is 12.6. The number of amides is 1. The van der Waals surface area contributed by atoms with Crippen LogP contribution in [0.5, 0.6) is 0 Å². The lowest BCUT2D eigenvalue weighted by Crippen LogP contribution is -2.39. The predicted molar refractivity (Wildman–Crippen MR) is 107 cm³/mol. The van der Waals surface area contributed by atoms with Crippen LogP contribution in [0.3, 0.4) is 0 Å². The zero-order valence-electron chi connectivity index (χ0n) is 15.0. The molecular weight excluding hydrogens is 390 g/mol. The number of carbonyl (C=O) groups is 1. The summed E-state index contributed by atoms with van der Waals surface area (Å²) in [6.45, 7) is 2.01. The molecule has 0 saturated carbocycles. The van der Waals surface area contributed by atoms with Crippen molar-refractivity contribution in [3.8, 4) is 0 Å². The fourth-order valence-electron chi connectivity index (χ4n) is 2.71. The van der Waals surface area contributed by atoms with Gasteiger partial charge in [0.1, 0.15) is 0 Å². The number of anilines is 1. The van der Waals surface area contributed by atoms with E-state index in [1.54, 1.807) is 49.9 Å². The lowest BCUT2D eigenvalue weighted by atomic mass is 10.3. The molecule has 3 aromatic rings. The average Bonchev–Trinajstić information content (AvgIpc) is 2.97. The molecule has 8 nitrogen and oxygen atoms in total. The molecule has 0 spiro atoms. The second-order valence-electron chi connectivity index (χ2n) is 5.83. The molecule has 2 aromatic heterocycles. The topological polar surface area (TPSA) is 90.9 Å². The van der Waals surface area contributed by atoms with Crippen molar-refractivity contribution in [3.63, 3.8) is 0 Å². The number of thioether (sulfide) groups is 1. The number of nitrogens with zero attached hydrogens (tertiary/aromatic N) is 4. The molecule has 10 heteroatoms. The molecule has 27 heavy (non-hydrogen) atoms. The van der Waals surface area contributed by atoms with E-state index in [9.17, 15) is 14.4 Å². The largest absolute Gasteiger partial charge is 0.332 e. The fourth-order valence-corrected chi connectivity index (χ4v) is 3.66. The zero-order chi connectivity index (χ0) is 19.7. The molecular formula is C17H18ClN5O3S. The summed E-state index contributed by atoms with van der Waals surface area (Å²) in [5.74, 6) is -0.168. The molecule has 0 atom stereocenters. The Kier molecular flexibility index (Phi) is 5.43. The average molecular weight is 408 g/mol. The van der Waals surface area contributed by atoms with Crippen molar-refractivity contribution >= 4 is 46.1 Å². The van der Waals surface area contributed by atoms with Gasteiger partial charge >= 0.3 is 5.69 Å². The van der Waals surface area contributed by atoms with Crippen molar-refractivity contribution in [2.75, 3.05) is 11.1 Å². The molecule has 0 radical (unpaired) electrons. The van der Waals surface area contributed by atoms with E-state index >= 15 is 0 Å². The number of hydrogen-bond donors (Lipinski definition) is 1. The van der Waals surface area contributed by atoms with Crippen LogP contribution in [-0.4, -0.2) is 30.3 Å². The number of rotatable bonds is 5. The van der Waals surface area contributed by atoms with Crippen molar-refractivity contribution in [1.29, 1.82) is 0 Å². The minimum absolute atomic E-state index is 0.0816. The van der Waals surface area contributed by atoms with E-state index in [-0.39, 0.29) is 18.2 Å².